The number of fused-ring (bicyclic) bond motifs is 1. The highest BCUT2D eigenvalue weighted by Crippen LogP contribution is 2.31. The minimum atomic E-state index is -0.489. The van der Waals surface area contributed by atoms with Gasteiger partial charge in [-0.05, 0) is 46.1 Å². The van der Waals surface area contributed by atoms with Crippen molar-refractivity contribution in [2.24, 2.45) is 0 Å². The van der Waals surface area contributed by atoms with Gasteiger partial charge in [0.15, 0.2) is 0 Å². The lowest BCUT2D eigenvalue weighted by atomic mass is 9.97. The lowest BCUT2D eigenvalue weighted by Gasteiger charge is -2.32. The molecule has 1 amide bonds. The van der Waals surface area contributed by atoms with Gasteiger partial charge in [-0.15, -0.1) is 0 Å². The second-order valence-electron chi connectivity index (χ2n) is 9.58. The van der Waals surface area contributed by atoms with Gasteiger partial charge >= 0.3 is 6.09 Å². The zero-order chi connectivity index (χ0) is 22.3. The third-order valence-electron chi connectivity index (χ3n) is 6.05. The molecule has 3 aromatic rings. The van der Waals surface area contributed by atoms with E-state index in [1.807, 2.05) is 43.8 Å². The highest BCUT2D eigenvalue weighted by atomic mass is 16.6. The molecule has 0 bridgehead atoms. The van der Waals surface area contributed by atoms with E-state index in [2.05, 4.69) is 21.3 Å². The highest BCUT2D eigenvalue weighted by molar-refractivity contribution is 5.83. The number of aromatic nitrogens is 4. The van der Waals surface area contributed by atoms with Crippen molar-refractivity contribution in [3.63, 3.8) is 0 Å². The Morgan fingerprint density at radius 3 is 2.72 bits per heavy atom. The molecular formula is C23H29N5O4. The minimum Gasteiger partial charge on any atom is -0.444 e. The summed E-state index contributed by atoms with van der Waals surface area (Å²) < 4.78 is 18.7. The van der Waals surface area contributed by atoms with Crippen LogP contribution in [-0.2, 0) is 9.47 Å². The lowest BCUT2D eigenvalue weighted by Crippen LogP contribution is -2.41. The van der Waals surface area contributed by atoms with Crippen LogP contribution in [0.4, 0.5) is 4.79 Å². The third kappa shape index (κ3) is 4.21. The molecule has 9 nitrogen and oxygen atoms in total. The lowest BCUT2D eigenvalue weighted by molar-refractivity contribution is 0.0198. The van der Waals surface area contributed by atoms with E-state index < -0.39 is 5.60 Å². The number of carbonyl (C=O) groups is 1. The van der Waals surface area contributed by atoms with Crippen LogP contribution in [-0.4, -0.2) is 62.8 Å². The number of likely N-dealkylation sites (tertiary alicyclic amines) is 1. The van der Waals surface area contributed by atoms with Gasteiger partial charge < -0.3 is 18.9 Å². The fourth-order valence-electron chi connectivity index (χ4n) is 4.34. The summed E-state index contributed by atoms with van der Waals surface area (Å²) in [6.07, 6.45) is 4.13. The first-order chi connectivity index (χ1) is 15.4. The average Bonchev–Trinajstić information content (AvgIpc) is 3.52. The first-order valence-corrected chi connectivity index (χ1v) is 11.2. The van der Waals surface area contributed by atoms with Crippen LogP contribution >= 0.6 is 0 Å². The maximum Gasteiger partial charge on any atom is 0.410 e. The zero-order valence-corrected chi connectivity index (χ0v) is 18.8. The molecule has 2 aromatic heterocycles. The van der Waals surface area contributed by atoms with Crippen LogP contribution in [0.3, 0.4) is 0 Å². The SMILES string of the molecule is CC(C)(C)OC(=O)N1CCC(c2nc(-c3ccc4cnn([C@H]5CCOC5)c4c3)no2)CC1. The Balaban J connectivity index is 1.29. The summed E-state index contributed by atoms with van der Waals surface area (Å²) in [6.45, 7) is 8.33. The molecule has 0 radical (unpaired) electrons. The van der Waals surface area contributed by atoms with Gasteiger partial charge in [-0.25, -0.2) is 4.79 Å². The zero-order valence-electron chi connectivity index (χ0n) is 18.8. The van der Waals surface area contributed by atoms with Crippen LogP contribution in [0.5, 0.6) is 0 Å². The van der Waals surface area contributed by atoms with Crippen molar-refractivity contribution in [3.05, 3.63) is 30.3 Å². The van der Waals surface area contributed by atoms with Gasteiger partial charge in [0.25, 0.3) is 0 Å². The Morgan fingerprint density at radius 1 is 1.19 bits per heavy atom. The summed E-state index contributed by atoms with van der Waals surface area (Å²) in [5, 5.41) is 9.88. The molecule has 4 heterocycles. The number of hydrogen-bond donors (Lipinski definition) is 0. The summed E-state index contributed by atoms with van der Waals surface area (Å²) >= 11 is 0. The number of carbonyl (C=O) groups excluding carboxylic acids is 1. The Hall–Kier alpha value is -2.94. The van der Waals surface area contributed by atoms with Crippen molar-refractivity contribution in [1.29, 1.82) is 0 Å². The molecule has 170 valence electrons. The average molecular weight is 440 g/mol. The molecule has 2 aliphatic rings. The molecule has 0 spiro atoms. The van der Waals surface area contributed by atoms with Crippen LogP contribution in [0, 0.1) is 0 Å². The summed E-state index contributed by atoms with van der Waals surface area (Å²) in [4.78, 5) is 18.7. The van der Waals surface area contributed by atoms with Crippen molar-refractivity contribution in [2.75, 3.05) is 26.3 Å². The standard InChI is InChI=1S/C23H29N5O4/c1-23(2,3)31-22(29)27-9-6-15(7-10-27)21-25-20(26-32-21)16-4-5-17-13-24-28(19(17)12-16)18-8-11-30-14-18/h4-5,12-13,15,18H,6-11,14H2,1-3H3/t18-/m0/s1. The Morgan fingerprint density at radius 2 is 2.00 bits per heavy atom. The molecule has 1 atom stereocenters. The minimum absolute atomic E-state index is 0.139. The Labute approximate surface area is 186 Å². The van der Waals surface area contributed by atoms with Crippen molar-refractivity contribution in [1.82, 2.24) is 24.8 Å². The maximum atomic E-state index is 12.3. The quantitative estimate of drug-likeness (QED) is 0.604. The number of benzene rings is 1. The molecule has 2 saturated heterocycles. The van der Waals surface area contributed by atoms with Crippen molar-refractivity contribution < 1.29 is 18.8 Å². The van der Waals surface area contributed by atoms with Gasteiger partial charge in [0, 0.05) is 36.6 Å². The van der Waals surface area contributed by atoms with Crippen LogP contribution in [0.15, 0.2) is 28.9 Å². The van der Waals surface area contributed by atoms with Gasteiger partial charge in [-0.3, -0.25) is 4.68 Å². The third-order valence-corrected chi connectivity index (χ3v) is 6.05. The predicted octanol–water partition coefficient (Wildman–Crippen LogP) is 4.16. The fourth-order valence-corrected chi connectivity index (χ4v) is 4.34. The number of amides is 1. The van der Waals surface area contributed by atoms with Crippen LogP contribution in [0.25, 0.3) is 22.3 Å². The second kappa shape index (κ2) is 8.20. The van der Waals surface area contributed by atoms with Gasteiger partial charge in [-0.1, -0.05) is 17.3 Å². The largest absolute Gasteiger partial charge is 0.444 e. The topological polar surface area (TPSA) is 95.5 Å². The smallest absolute Gasteiger partial charge is 0.410 e. The molecule has 2 aliphatic heterocycles. The predicted molar refractivity (Wildman–Crippen MR) is 117 cm³/mol. The molecule has 0 unspecified atom stereocenters. The maximum absolute atomic E-state index is 12.3. The summed E-state index contributed by atoms with van der Waals surface area (Å²) in [5.41, 5.74) is 1.46. The molecule has 0 aliphatic carbocycles. The summed E-state index contributed by atoms with van der Waals surface area (Å²) in [5.74, 6) is 1.34. The molecule has 0 saturated carbocycles. The van der Waals surface area contributed by atoms with Crippen molar-refractivity contribution >= 4 is 17.0 Å². The monoisotopic (exact) mass is 439 g/mol. The van der Waals surface area contributed by atoms with E-state index in [1.54, 1.807) is 4.90 Å². The van der Waals surface area contributed by atoms with E-state index in [0.717, 1.165) is 42.3 Å². The molecular weight excluding hydrogens is 410 g/mol. The first-order valence-electron chi connectivity index (χ1n) is 11.2. The normalized spacial score (nSPS) is 20.2. The van der Waals surface area contributed by atoms with E-state index in [1.165, 1.54) is 0 Å². The van der Waals surface area contributed by atoms with Crippen molar-refractivity contribution in [3.8, 4) is 11.4 Å². The van der Waals surface area contributed by atoms with Crippen LogP contribution in [0.1, 0.15) is 57.9 Å². The number of piperidine rings is 1. The number of ether oxygens (including phenoxy) is 2. The highest BCUT2D eigenvalue weighted by Gasteiger charge is 2.30. The number of rotatable bonds is 3. The van der Waals surface area contributed by atoms with Gasteiger partial charge in [0.1, 0.15) is 5.60 Å². The Kier molecular flexibility index (Phi) is 5.36. The molecule has 32 heavy (non-hydrogen) atoms. The fraction of sp³-hybridized carbons (Fsp3) is 0.565. The summed E-state index contributed by atoms with van der Waals surface area (Å²) in [6, 6.07) is 6.37. The van der Waals surface area contributed by atoms with Gasteiger partial charge in [-0.2, -0.15) is 10.1 Å². The molecule has 9 heteroatoms. The van der Waals surface area contributed by atoms with E-state index in [0.29, 0.717) is 31.4 Å². The molecule has 0 N–H and O–H groups in total. The number of hydrogen-bond acceptors (Lipinski definition) is 7. The summed E-state index contributed by atoms with van der Waals surface area (Å²) in [7, 11) is 0. The first kappa shape index (κ1) is 20.9. The van der Waals surface area contributed by atoms with Gasteiger partial charge in [0.05, 0.1) is 24.4 Å². The van der Waals surface area contributed by atoms with Crippen LogP contribution in [0.2, 0.25) is 0 Å². The van der Waals surface area contributed by atoms with E-state index in [-0.39, 0.29) is 18.1 Å². The van der Waals surface area contributed by atoms with E-state index in [4.69, 9.17) is 14.0 Å². The van der Waals surface area contributed by atoms with E-state index >= 15 is 0 Å². The molecule has 1 aromatic carbocycles. The van der Waals surface area contributed by atoms with Crippen molar-refractivity contribution in [2.45, 2.75) is 57.6 Å². The van der Waals surface area contributed by atoms with Gasteiger partial charge in [0.2, 0.25) is 11.7 Å². The molecule has 5 rings (SSSR count). The van der Waals surface area contributed by atoms with Crippen LogP contribution < -0.4 is 0 Å². The second-order valence-corrected chi connectivity index (χ2v) is 9.58. The number of nitrogens with zero attached hydrogens (tertiary/aromatic N) is 5. The Bertz CT molecular complexity index is 1100. The van der Waals surface area contributed by atoms with E-state index in [9.17, 15) is 4.79 Å². The molecule has 2 fully saturated rings.